The maximum Gasteiger partial charge on any atom is 0.238 e. The number of benzene rings is 1. The Labute approximate surface area is 92.9 Å². The van der Waals surface area contributed by atoms with Gasteiger partial charge in [-0.15, -0.1) is 0 Å². The summed E-state index contributed by atoms with van der Waals surface area (Å²) in [6.07, 6.45) is 0.191. The van der Waals surface area contributed by atoms with Gasteiger partial charge in [0.2, 0.25) is 11.8 Å². The Bertz CT molecular complexity index is 505. The summed E-state index contributed by atoms with van der Waals surface area (Å²) in [5, 5.41) is 0. The zero-order valence-electron chi connectivity index (χ0n) is 9.11. The molecule has 1 aliphatic rings. The van der Waals surface area contributed by atoms with Crippen molar-refractivity contribution in [1.82, 2.24) is 0 Å². The Hall–Kier alpha value is -1.97. The Morgan fingerprint density at radius 2 is 1.94 bits per heavy atom. The molecule has 0 saturated heterocycles. The van der Waals surface area contributed by atoms with Crippen LogP contribution in [0.5, 0.6) is 0 Å². The minimum atomic E-state index is -0.292. The number of nitrogens with zero attached hydrogens (tertiary/aromatic N) is 1. The highest BCUT2D eigenvalue weighted by Gasteiger charge is 2.30. The number of imide groups is 1. The number of Topliss-reactive ketones (excluding diaryl/α,β-unsaturated/α-hetero) is 1. The van der Waals surface area contributed by atoms with Gasteiger partial charge in [0.05, 0.1) is 12.1 Å². The maximum atomic E-state index is 11.6. The number of carbonyl (C=O) groups excluding carboxylic acids is 3. The lowest BCUT2D eigenvalue weighted by Gasteiger charge is -2.12. The molecule has 1 aliphatic heterocycles. The highest BCUT2D eigenvalue weighted by molar-refractivity contribution is 6.18. The molecule has 82 valence electrons. The lowest BCUT2D eigenvalue weighted by Crippen LogP contribution is -2.31. The van der Waals surface area contributed by atoms with Crippen LogP contribution in [0.2, 0.25) is 0 Å². The molecule has 16 heavy (non-hydrogen) atoms. The largest absolute Gasteiger partial charge is 0.295 e. The van der Waals surface area contributed by atoms with Crippen molar-refractivity contribution in [3.8, 4) is 0 Å². The summed E-state index contributed by atoms with van der Waals surface area (Å²) in [6, 6.07) is 4.96. The van der Waals surface area contributed by atoms with Crippen molar-refractivity contribution < 1.29 is 14.4 Å². The third-order valence-electron chi connectivity index (χ3n) is 2.63. The number of hydrogen-bond acceptors (Lipinski definition) is 3. The van der Waals surface area contributed by atoms with Crippen LogP contribution in [0.3, 0.4) is 0 Å². The first-order valence-corrected chi connectivity index (χ1v) is 4.98. The van der Waals surface area contributed by atoms with Gasteiger partial charge in [0.25, 0.3) is 0 Å². The molecule has 0 unspecified atom stereocenters. The van der Waals surface area contributed by atoms with Crippen LogP contribution in [0.4, 0.5) is 5.69 Å². The number of amides is 2. The van der Waals surface area contributed by atoms with Crippen LogP contribution < -0.4 is 4.90 Å². The van der Waals surface area contributed by atoms with Crippen molar-refractivity contribution in [2.75, 3.05) is 4.90 Å². The van der Waals surface area contributed by atoms with Crippen molar-refractivity contribution in [1.29, 1.82) is 0 Å². The van der Waals surface area contributed by atoms with E-state index in [2.05, 4.69) is 0 Å². The molecular formula is C12H11NO3. The second kappa shape index (κ2) is 3.56. The second-order valence-electron chi connectivity index (χ2n) is 3.82. The summed E-state index contributed by atoms with van der Waals surface area (Å²) in [5.41, 5.74) is 1.91. The standard InChI is InChI=1S/C12H11NO3/c1-7(14)9-3-4-11-10(5-9)6-12(16)13(11)8(2)15/h3-5H,6H2,1-2H3. The van der Waals surface area contributed by atoms with E-state index in [9.17, 15) is 14.4 Å². The number of anilines is 1. The van der Waals surface area contributed by atoms with Crippen LogP contribution in [0.25, 0.3) is 0 Å². The molecule has 0 radical (unpaired) electrons. The molecule has 0 bridgehead atoms. The number of hydrogen-bond donors (Lipinski definition) is 0. The van der Waals surface area contributed by atoms with Crippen LogP contribution >= 0.6 is 0 Å². The minimum Gasteiger partial charge on any atom is -0.295 e. The molecule has 1 aromatic rings. The Morgan fingerprint density at radius 3 is 2.50 bits per heavy atom. The number of fused-ring (bicyclic) bond motifs is 1. The summed E-state index contributed by atoms with van der Waals surface area (Å²) < 4.78 is 0. The normalized spacial score (nSPS) is 13.9. The average Bonchev–Trinajstić information content (AvgIpc) is 2.51. The third-order valence-corrected chi connectivity index (χ3v) is 2.63. The van der Waals surface area contributed by atoms with E-state index < -0.39 is 0 Å². The van der Waals surface area contributed by atoms with E-state index in [-0.39, 0.29) is 24.0 Å². The zero-order chi connectivity index (χ0) is 11.9. The van der Waals surface area contributed by atoms with E-state index in [1.54, 1.807) is 18.2 Å². The summed E-state index contributed by atoms with van der Waals surface area (Å²) in [6.45, 7) is 2.83. The first kappa shape index (κ1) is 10.5. The topological polar surface area (TPSA) is 54.5 Å². The third kappa shape index (κ3) is 1.52. The van der Waals surface area contributed by atoms with Gasteiger partial charge >= 0.3 is 0 Å². The van der Waals surface area contributed by atoms with Crippen molar-refractivity contribution >= 4 is 23.3 Å². The Kier molecular flexibility index (Phi) is 2.34. The monoisotopic (exact) mass is 217 g/mol. The average molecular weight is 217 g/mol. The van der Waals surface area contributed by atoms with E-state index >= 15 is 0 Å². The van der Waals surface area contributed by atoms with Gasteiger partial charge in [-0.3, -0.25) is 19.3 Å². The van der Waals surface area contributed by atoms with Gasteiger partial charge in [0.15, 0.2) is 5.78 Å². The lowest BCUT2D eigenvalue weighted by molar-refractivity contribution is -0.124. The van der Waals surface area contributed by atoms with Gasteiger partial charge in [-0.05, 0) is 30.7 Å². The van der Waals surface area contributed by atoms with Gasteiger partial charge in [0.1, 0.15) is 0 Å². The highest BCUT2D eigenvalue weighted by atomic mass is 16.2. The molecule has 0 atom stereocenters. The smallest absolute Gasteiger partial charge is 0.238 e. The van der Waals surface area contributed by atoms with Gasteiger partial charge in [0, 0.05) is 12.5 Å². The van der Waals surface area contributed by atoms with E-state index in [1.807, 2.05) is 0 Å². The summed E-state index contributed by atoms with van der Waals surface area (Å²) in [5.74, 6) is -0.570. The van der Waals surface area contributed by atoms with Gasteiger partial charge < -0.3 is 0 Å². The molecule has 0 aromatic heterocycles. The SMILES string of the molecule is CC(=O)c1ccc2c(c1)CC(=O)N2C(C)=O. The molecule has 0 aliphatic carbocycles. The molecule has 4 heteroatoms. The fourth-order valence-corrected chi connectivity index (χ4v) is 1.89. The molecule has 1 aromatic carbocycles. The van der Waals surface area contributed by atoms with E-state index in [1.165, 1.54) is 13.8 Å². The van der Waals surface area contributed by atoms with E-state index in [4.69, 9.17) is 0 Å². The maximum absolute atomic E-state index is 11.6. The van der Waals surface area contributed by atoms with Crippen molar-refractivity contribution in [2.45, 2.75) is 20.3 Å². The Balaban J connectivity index is 2.50. The fraction of sp³-hybridized carbons (Fsp3) is 0.250. The molecule has 0 N–H and O–H groups in total. The van der Waals surface area contributed by atoms with Gasteiger partial charge in [-0.1, -0.05) is 0 Å². The predicted octanol–water partition coefficient (Wildman–Crippen LogP) is 1.32. The molecule has 0 spiro atoms. The lowest BCUT2D eigenvalue weighted by atomic mass is 10.1. The van der Waals surface area contributed by atoms with Crippen molar-refractivity contribution in [2.24, 2.45) is 0 Å². The van der Waals surface area contributed by atoms with Crippen LogP contribution in [0, 0.1) is 0 Å². The number of carbonyl (C=O) groups is 3. The molecule has 2 rings (SSSR count). The second-order valence-corrected chi connectivity index (χ2v) is 3.82. The highest BCUT2D eigenvalue weighted by Crippen LogP contribution is 2.29. The van der Waals surface area contributed by atoms with Crippen LogP contribution in [-0.2, 0) is 16.0 Å². The summed E-state index contributed by atoms with van der Waals surface area (Å²) >= 11 is 0. The molecule has 0 saturated carbocycles. The number of ketones is 1. The quantitative estimate of drug-likeness (QED) is 0.667. The molecular weight excluding hydrogens is 206 g/mol. The first-order valence-electron chi connectivity index (χ1n) is 4.98. The molecule has 4 nitrogen and oxygen atoms in total. The molecule has 0 fully saturated rings. The van der Waals surface area contributed by atoms with Crippen molar-refractivity contribution in [3.63, 3.8) is 0 Å². The summed E-state index contributed by atoms with van der Waals surface area (Å²) in [4.78, 5) is 35.2. The van der Waals surface area contributed by atoms with E-state index in [0.717, 1.165) is 10.5 Å². The van der Waals surface area contributed by atoms with Gasteiger partial charge in [-0.2, -0.15) is 0 Å². The van der Waals surface area contributed by atoms with Crippen LogP contribution in [-0.4, -0.2) is 17.6 Å². The number of rotatable bonds is 1. The summed E-state index contributed by atoms with van der Waals surface area (Å²) in [7, 11) is 0. The van der Waals surface area contributed by atoms with Crippen molar-refractivity contribution in [3.05, 3.63) is 29.3 Å². The van der Waals surface area contributed by atoms with Crippen LogP contribution in [0.15, 0.2) is 18.2 Å². The predicted molar refractivity (Wildman–Crippen MR) is 58.3 cm³/mol. The first-order chi connectivity index (χ1) is 7.50. The van der Waals surface area contributed by atoms with Gasteiger partial charge in [-0.25, -0.2) is 0 Å². The molecule has 1 heterocycles. The molecule has 2 amide bonds. The minimum absolute atomic E-state index is 0.0449. The fourth-order valence-electron chi connectivity index (χ4n) is 1.89. The van der Waals surface area contributed by atoms with E-state index in [0.29, 0.717) is 11.3 Å². The zero-order valence-corrected chi connectivity index (χ0v) is 9.11. The van der Waals surface area contributed by atoms with Crippen LogP contribution in [0.1, 0.15) is 29.8 Å². The Morgan fingerprint density at radius 1 is 1.25 bits per heavy atom.